The molecule has 1 N–H and O–H groups in total. The summed E-state index contributed by atoms with van der Waals surface area (Å²) in [7, 11) is 0. The summed E-state index contributed by atoms with van der Waals surface area (Å²) < 4.78 is 0. The molecule has 0 unspecified atom stereocenters. The topological polar surface area (TPSA) is 61.9 Å². The standard InChI is InChI=1S/C17H28N4OS/c22-16(21-11-5-1-2-6-12-21)13-23-17-18-15(19-20-17)10-9-14-7-3-4-8-14/h14H,1-13H2,(H,18,19,20). The molecule has 0 bridgehead atoms. The molecule has 2 fully saturated rings. The number of hydrogen-bond donors (Lipinski definition) is 1. The number of nitrogens with one attached hydrogen (secondary N) is 1. The molecule has 1 saturated carbocycles. The number of rotatable bonds is 6. The molecule has 128 valence electrons. The summed E-state index contributed by atoms with van der Waals surface area (Å²) >= 11 is 1.46. The Hall–Kier alpha value is -1.04. The largest absolute Gasteiger partial charge is 0.342 e. The van der Waals surface area contributed by atoms with Gasteiger partial charge in [-0.3, -0.25) is 9.89 Å². The molecule has 1 saturated heterocycles. The van der Waals surface area contributed by atoms with E-state index in [0.717, 1.165) is 49.3 Å². The smallest absolute Gasteiger partial charge is 0.233 e. The minimum atomic E-state index is 0.231. The number of carbonyl (C=O) groups is 1. The van der Waals surface area contributed by atoms with Crippen molar-refractivity contribution in [1.29, 1.82) is 0 Å². The first-order valence-corrected chi connectivity index (χ1v) is 10.1. The molecule has 1 aliphatic heterocycles. The molecule has 5 nitrogen and oxygen atoms in total. The van der Waals surface area contributed by atoms with E-state index in [-0.39, 0.29) is 5.91 Å². The van der Waals surface area contributed by atoms with Crippen molar-refractivity contribution >= 4 is 17.7 Å². The minimum absolute atomic E-state index is 0.231. The van der Waals surface area contributed by atoms with Crippen LogP contribution in [0.25, 0.3) is 0 Å². The van der Waals surface area contributed by atoms with Gasteiger partial charge < -0.3 is 4.90 Å². The lowest BCUT2D eigenvalue weighted by atomic mass is 10.0. The molecular formula is C17H28N4OS. The van der Waals surface area contributed by atoms with Gasteiger partial charge in [0.2, 0.25) is 11.1 Å². The van der Waals surface area contributed by atoms with Crippen molar-refractivity contribution < 1.29 is 4.79 Å². The number of aromatic nitrogens is 3. The minimum Gasteiger partial charge on any atom is -0.342 e. The van der Waals surface area contributed by atoms with Crippen molar-refractivity contribution in [2.24, 2.45) is 5.92 Å². The Balaban J connectivity index is 1.40. The van der Waals surface area contributed by atoms with Crippen LogP contribution in [-0.2, 0) is 11.2 Å². The predicted molar refractivity (Wildman–Crippen MR) is 92.4 cm³/mol. The molecule has 2 aliphatic rings. The van der Waals surface area contributed by atoms with Crippen molar-refractivity contribution in [3.63, 3.8) is 0 Å². The van der Waals surface area contributed by atoms with Crippen molar-refractivity contribution in [2.75, 3.05) is 18.8 Å². The van der Waals surface area contributed by atoms with E-state index in [4.69, 9.17) is 0 Å². The van der Waals surface area contributed by atoms with E-state index in [0.29, 0.717) is 5.75 Å². The van der Waals surface area contributed by atoms with Crippen molar-refractivity contribution in [3.8, 4) is 0 Å². The van der Waals surface area contributed by atoms with Crippen LogP contribution in [0.1, 0.15) is 63.6 Å². The summed E-state index contributed by atoms with van der Waals surface area (Å²) in [5.41, 5.74) is 0. The fourth-order valence-electron chi connectivity index (χ4n) is 3.63. The number of aromatic amines is 1. The van der Waals surface area contributed by atoms with Crippen LogP contribution >= 0.6 is 11.8 Å². The van der Waals surface area contributed by atoms with Crippen molar-refractivity contribution in [3.05, 3.63) is 5.82 Å². The number of hydrogen-bond acceptors (Lipinski definition) is 4. The summed E-state index contributed by atoms with van der Waals surface area (Å²) in [6.07, 6.45) is 12.5. The Morgan fingerprint density at radius 2 is 1.87 bits per heavy atom. The Bertz CT molecular complexity index is 491. The highest BCUT2D eigenvalue weighted by molar-refractivity contribution is 7.99. The van der Waals surface area contributed by atoms with Crippen LogP contribution in [0.4, 0.5) is 0 Å². The summed E-state index contributed by atoms with van der Waals surface area (Å²) in [5.74, 6) is 2.54. The molecule has 0 atom stereocenters. The summed E-state index contributed by atoms with van der Waals surface area (Å²) in [4.78, 5) is 18.8. The molecule has 1 aliphatic carbocycles. The first kappa shape index (κ1) is 16.8. The van der Waals surface area contributed by atoms with Gasteiger partial charge in [-0.1, -0.05) is 50.3 Å². The molecule has 0 spiro atoms. The first-order chi connectivity index (χ1) is 11.3. The number of amides is 1. The second-order valence-electron chi connectivity index (χ2n) is 6.84. The fraction of sp³-hybridized carbons (Fsp3) is 0.824. The van der Waals surface area contributed by atoms with Crippen LogP contribution in [0.3, 0.4) is 0 Å². The van der Waals surface area contributed by atoms with Crippen LogP contribution in [0, 0.1) is 5.92 Å². The highest BCUT2D eigenvalue weighted by atomic mass is 32.2. The average molecular weight is 337 g/mol. The van der Waals surface area contributed by atoms with Crippen LogP contribution in [0.15, 0.2) is 5.16 Å². The van der Waals surface area contributed by atoms with Gasteiger partial charge in [-0.25, -0.2) is 4.98 Å². The Morgan fingerprint density at radius 3 is 2.61 bits per heavy atom. The van der Waals surface area contributed by atoms with E-state index >= 15 is 0 Å². The van der Waals surface area contributed by atoms with E-state index in [9.17, 15) is 4.79 Å². The predicted octanol–water partition coefficient (Wildman–Crippen LogP) is 3.42. The molecule has 6 heteroatoms. The van der Waals surface area contributed by atoms with E-state index in [1.165, 1.54) is 56.7 Å². The third-order valence-corrected chi connectivity index (χ3v) is 5.89. The van der Waals surface area contributed by atoms with Crippen LogP contribution in [-0.4, -0.2) is 44.8 Å². The third kappa shape index (κ3) is 5.23. The SMILES string of the molecule is O=C(CSc1n[nH]c(CCC2CCCC2)n1)N1CCCCCC1. The number of likely N-dealkylation sites (tertiary alicyclic amines) is 1. The number of H-pyrrole nitrogens is 1. The molecule has 23 heavy (non-hydrogen) atoms. The quantitative estimate of drug-likeness (QED) is 0.809. The maximum absolute atomic E-state index is 12.3. The Kier molecular flexibility index (Phi) is 6.37. The summed E-state index contributed by atoms with van der Waals surface area (Å²) in [5, 5.41) is 8.01. The zero-order valence-electron chi connectivity index (χ0n) is 13.9. The van der Waals surface area contributed by atoms with Gasteiger partial charge >= 0.3 is 0 Å². The van der Waals surface area contributed by atoms with Gasteiger partial charge in [0.15, 0.2) is 0 Å². The van der Waals surface area contributed by atoms with Gasteiger partial charge in [0.25, 0.3) is 0 Å². The molecule has 0 aromatic carbocycles. The zero-order valence-corrected chi connectivity index (χ0v) is 14.7. The Labute approximate surface area is 143 Å². The summed E-state index contributed by atoms with van der Waals surface area (Å²) in [6, 6.07) is 0. The van der Waals surface area contributed by atoms with Gasteiger partial charge in [0.05, 0.1) is 5.75 Å². The first-order valence-electron chi connectivity index (χ1n) is 9.13. The molecular weight excluding hydrogens is 308 g/mol. The molecule has 0 radical (unpaired) electrons. The lowest BCUT2D eigenvalue weighted by Crippen LogP contribution is -2.33. The monoisotopic (exact) mass is 336 g/mol. The van der Waals surface area contributed by atoms with Crippen molar-refractivity contribution in [1.82, 2.24) is 20.1 Å². The molecule has 1 aromatic heterocycles. The van der Waals surface area contributed by atoms with Gasteiger partial charge in [-0.05, 0) is 25.2 Å². The maximum atomic E-state index is 12.3. The normalized spacial score (nSPS) is 19.9. The van der Waals surface area contributed by atoms with Crippen LogP contribution in [0.2, 0.25) is 0 Å². The number of thioether (sulfide) groups is 1. The number of carbonyl (C=O) groups excluding carboxylic acids is 1. The highest BCUT2D eigenvalue weighted by Crippen LogP contribution is 2.28. The maximum Gasteiger partial charge on any atom is 0.233 e. The lowest BCUT2D eigenvalue weighted by molar-refractivity contribution is -0.128. The molecule has 2 heterocycles. The second-order valence-corrected chi connectivity index (χ2v) is 7.78. The van der Waals surface area contributed by atoms with Gasteiger partial charge in [0, 0.05) is 19.5 Å². The zero-order chi connectivity index (χ0) is 15.9. The van der Waals surface area contributed by atoms with E-state index < -0.39 is 0 Å². The molecule has 1 aromatic rings. The highest BCUT2D eigenvalue weighted by Gasteiger charge is 2.18. The third-order valence-electron chi connectivity index (χ3n) is 5.06. The number of aryl methyl sites for hydroxylation is 1. The van der Waals surface area contributed by atoms with Crippen LogP contribution < -0.4 is 0 Å². The van der Waals surface area contributed by atoms with Crippen LogP contribution in [0.5, 0.6) is 0 Å². The van der Waals surface area contributed by atoms with E-state index in [2.05, 4.69) is 15.2 Å². The van der Waals surface area contributed by atoms with Gasteiger partial charge in [-0.2, -0.15) is 0 Å². The van der Waals surface area contributed by atoms with Crippen molar-refractivity contribution in [2.45, 2.75) is 69.4 Å². The molecule has 1 amide bonds. The molecule has 3 rings (SSSR count). The van der Waals surface area contributed by atoms with Gasteiger partial charge in [-0.15, -0.1) is 5.10 Å². The van der Waals surface area contributed by atoms with Gasteiger partial charge in [0.1, 0.15) is 5.82 Å². The van der Waals surface area contributed by atoms with E-state index in [1.54, 1.807) is 0 Å². The summed E-state index contributed by atoms with van der Waals surface area (Å²) in [6.45, 7) is 1.83. The lowest BCUT2D eigenvalue weighted by Gasteiger charge is -2.19. The average Bonchev–Trinajstić information content (AvgIpc) is 3.16. The second kappa shape index (κ2) is 8.71. The fourth-order valence-corrected chi connectivity index (χ4v) is 4.35. The van der Waals surface area contributed by atoms with E-state index in [1.807, 2.05) is 4.90 Å². The number of nitrogens with zero attached hydrogens (tertiary/aromatic N) is 3. The Morgan fingerprint density at radius 1 is 1.13 bits per heavy atom.